The van der Waals surface area contributed by atoms with E-state index in [1.807, 2.05) is 44.2 Å². The van der Waals surface area contributed by atoms with Crippen molar-refractivity contribution in [1.82, 2.24) is 15.5 Å². The third-order valence-corrected chi connectivity index (χ3v) is 7.02. The maximum atomic E-state index is 10.4. The lowest BCUT2D eigenvalue weighted by atomic mass is 9.87. The van der Waals surface area contributed by atoms with Crippen molar-refractivity contribution >= 4 is 36.2 Å². The summed E-state index contributed by atoms with van der Waals surface area (Å²) in [6.07, 6.45) is 11.9. The molecule has 3 rings (SSSR count). The first-order valence-electron chi connectivity index (χ1n) is 13.2. The lowest BCUT2D eigenvalue weighted by Gasteiger charge is -2.18. The van der Waals surface area contributed by atoms with Crippen LogP contribution in [0.15, 0.2) is 35.4 Å². The van der Waals surface area contributed by atoms with Crippen molar-refractivity contribution in [3.63, 3.8) is 0 Å². The molecule has 0 aromatic heterocycles. The van der Waals surface area contributed by atoms with E-state index in [0.717, 1.165) is 42.2 Å². The molecule has 6 N–H and O–H groups in total. The SMILES string of the molecule is CC1CCCN1C.CNC(=O)C(C)C.NS/C(NC=O)=C(\N)c1ccccc1.O=CCC1CCCCC1. The average molecular weight is 536 g/mol. The molecule has 2 aliphatic rings. The van der Waals surface area contributed by atoms with Crippen molar-refractivity contribution in [1.29, 1.82) is 0 Å². The van der Waals surface area contributed by atoms with E-state index in [0.29, 0.717) is 17.1 Å². The van der Waals surface area contributed by atoms with Crippen molar-refractivity contribution < 1.29 is 14.4 Å². The summed E-state index contributed by atoms with van der Waals surface area (Å²) in [6.45, 7) is 7.31. The molecule has 1 heterocycles. The van der Waals surface area contributed by atoms with Crippen LogP contribution < -0.4 is 21.5 Å². The Morgan fingerprint density at radius 2 is 1.73 bits per heavy atom. The number of nitrogens with two attached hydrogens (primary N) is 2. The average Bonchev–Trinajstić information content (AvgIpc) is 3.30. The van der Waals surface area contributed by atoms with Gasteiger partial charge in [0.05, 0.1) is 5.70 Å². The number of carbonyl (C=O) groups excluding carboxylic acids is 3. The first kappa shape index (κ1) is 34.6. The number of rotatable bonds is 7. The van der Waals surface area contributed by atoms with Crippen LogP contribution in [-0.4, -0.2) is 50.2 Å². The van der Waals surface area contributed by atoms with Gasteiger partial charge in [0.25, 0.3) is 0 Å². The van der Waals surface area contributed by atoms with Crippen LogP contribution in [0.25, 0.3) is 5.70 Å². The quantitative estimate of drug-likeness (QED) is 0.303. The molecule has 0 radical (unpaired) electrons. The van der Waals surface area contributed by atoms with Gasteiger partial charge in [-0.25, -0.2) is 0 Å². The number of amides is 2. The van der Waals surface area contributed by atoms with Crippen LogP contribution in [-0.2, 0) is 14.4 Å². The molecule has 1 saturated carbocycles. The van der Waals surface area contributed by atoms with Crippen LogP contribution in [0.4, 0.5) is 0 Å². The summed E-state index contributed by atoms with van der Waals surface area (Å²) in [5.74, 6) is 0.946. The maximum Gasteiger partial charge on any atom is 0.222 e. The van der Waals surface area contributed by atoms with Gasteiger partial charge in [0.1, 0.15) is 11.3 Å². The molecular formula is C28H49N5O3S. The van der Waals surface area contributed by atoms with E-state index in [4.69, 9.17) is 10.9 Å². The Kier molecular flexibility index (Phi) is 20.3. The first-order chi connectivity index (χ1) is 17.7. The second kappa shape index (κ2) is 21.7. The zero-order chi connectivity index (χ0) is 28.1. The summed E-state index contributed by atoms with van der Waals surface area (Å²) >= 11 is 0.910. The lowest BCUT2D eigenvalue weighted by Crippen LogP contribution is -2.22. The summed E-state index contributed by atoms with van der Waals surface area (Å²) in [7, 11) is 3.83. The number of hydrogen-bond donors (Lipinski definition) is 4. The van der Waals surface area contributed by atoms with E-state index in [-0.39, 0.29) is 11.8 Å². The van der Waals surface area contributed by atoms with Crippen molar-refractivity contribution in [3.8, 4) is 0 Å². The number of nitrogens with zero attached hydrogens (tertiary/aromatic N) is 1. The second-order valence-electron chi connectivity index (χ2n) is 9.64. The third kappa shape index (κ3) is 16.2. The van der Waals surface area contributed by atoms with Crippen molar-refractivity contribution in [2.24, 2.45) is 22.7 Å². The van der Waals surface area contributed by atoms with Gasteiger partial charge in [-0.2, -0.15) is 0 Å². The number of hydrogen-bond acceptors (Lipinski definition) is 7. The predicted octanol–water partition coefficient (Wildman–Crippen LogP) is 4.27. The zero-order valence-corrected chi connectivity index (χ0v) is 24.2. The smallest absolute Gasteiger partial charge is 0.222 e. The Balaban J connectivity index is 0.000000491. The highest BCUT2D eigenvalue weighted by atomic mass is 32.2. The van der Waals surface area contributed by atoms with Gasteiger partial charge < -0.3 is 26.1 Å². The van der Waals surface area contributed by atoms with Crippen LogP contribution in [0.1, 0.15) is 77.7 Å². The van der Waals surface area contributed by atoms with Crippen LogP contribution in [0.5, 0.6) is 0 Å². The topological polar surface area (TPSA) is 131 Å². The highest BCUT2D eigenvalue weighted by Gasteiger charge is 2.14. The molecule has 2 fully saturated rings. The summed E-state index contributed by atoms with van der Waals surface area (Å²) in [5, 5.41) is 10.8. The normalized spacial score (nSPS) is 18.0. The van der Waals surface area contributed by atoms with E-state index in [9.17, 15) is 14.4 Å². The van der Waals surface area contributed by atoms with Gasteiger partial charge in [-0.1, -0.05) is 76.3 Å². The monoisotopic (exact) mass is 535 g/mol. The highest BCUT2D eigenvalue weighted by Crippen LogP contribution is 2.25. The van der Waals surface area contributed by atoms with Crippen molar-refractivity contribution in [2.75, 3.05) is 20.6 Å². The minimum Gasteiger partial charge on any atom is -0.396 e. The molecule has 2 amide bonds. The van der Waals surface area contributed by atoms with Crippen LogP contribution >= 0.6 is 11.9 Å². The number of aldehydes is 1. The van der Waals surface area contributed by atoms with Gasteiger partial charge in [0, 0.05) is 31.0 Å². The molecule has 0 bridgehead atoms. The zero-order valence-electron chi connectivity index (χ0n) is 23.4. The minimum atomic E-state index is 0.0972. The molecule has 8 nitrogen and oxygen atoms in total. The van der Waals surface area contributed by atoms with Gasteiger partial charge >= 0.3 is 0 Å². The molecule has 210 valence electrons. The molecule has 1 aliphatic carbocycles. The van der Waals surface area contributed by atoms with E-state index in [2.05, 4.69) is 29.5 Å². The summed E-state index contributed by atoms with van der Waals surface area (Å²) in [4.78, 5) is 33.1. The summed E-state index contributed by atoms with van der Waals surface area (Å²) in [5.41, 5.74) is 7.08. The van der Waals surface area contributed by atoms with Gasteiger partial charge in [-0.05, 0) is 51.2 Å². The van der Waals surface area contributed by atoms with Gasteiger partial charge in [-0.15, -0.1) is 0 Å². The number of likely N-dealkylation sites (tertiary alicyclic amines) is 1. The highest BCUT2D eigenvalue weighted by molar-refractivity contribution is 8.01. The van der Waals surface area contributed by atoms with Gasteiger partial charge in [0.15, 0.2) is 0 Å². The molecule has 37 heavy (non-hydrogen) atoms. The second-order valence-corrected chi connectivity index (χ2v) is 10.3. The molecular weight excluding hydrogens is 486 g/mol. The van der Waals surface area contributed by atoms with Crippen LogP contribution in [0.3, 0.4) is 0 Å². The van der Waals surface area contributed by atoms with Gasteiger partial charge in [0.2, 0.25) is 12.3 Å². The largest absolute Gasteiger partial charge is 0.396 e. The van der Waals surface area contributed by atoms with Gasteiger partial charge in [-0.3, -0.25) is 14.7 Å². The molecule has 1 aromatic rings. The molecule has 1 aliphatic heterocycles. The van der Waals surface area contributed by atoms with Crippen LogP contribution in [0.2, 0.25) is 0 Å². The van der Waals surface area contributed by atoms with Crippen molar-refractivity contribution in [2.45, 2.75) is 78.2 Å². The molecule has 1 aromatic carbocycles. The fourth-order valence-electron chi connectivity index (χ4n) is 3.90. The predicted molar refractivity (Wildman–Crippen MR) is 156 cm³/mol. The number of carbonyl (C=O) groups is 3. The molecule has 1 saturated heterocycles. The number of nitrogens with one attached hydrogen (secondary N) is 2. The number of benzene rings is 1. The molecule has 9 heteroatoms. The van der Waals surface area contributed by atoms with Crippen molar-refractivity contribution in [3.05, 3.63) is 40.9 Å². The first-order valence-corrected chi connectivity index (χ1v) is 14.1. The molecule has 1 atom stereocenters. The molecule has 0 spiro atoms. The minimum absolute atomic E-state index is 0.0972. The third-order valence-electron chi connectivity index (χ3n) is 6.45. The Bertz CT molecular complexity index is 775. The summed E-state index contributed by atoms with van der Waals surface area (Å²) in [6, 6.07) is 10.2. The standard InChI is InChI=1S/C9H11N3OS.C8H14O.C6H13N.C5H11NO/c10-8(9(14-11)12-6-13)7-4-2-1-3-5-7;9-7-6-8-4-2-1-3-5-8;1-6-4-3-5-7(6)2;1-4(2)5(7)6-3/h1-6H,10-11H2,(H,12,13);7-8H,1-6H2;6H,3-5H2,1-2H3;4H,1-3H3,(H,6,7)/b9-8-;;;. The Morgan fingerprint density at radius 3 is 2.08 bits per heavy atom. The summed E-state index contributed by atoms with van der Waals surface area (Å²) < 4.78 is 0. The Morgan fingerprint density at radius 1 is 1.11 bits per heavy atom. The van der Waals surface area contributed by atoms with Crippen LogP contribution in [0, 0.1) is 11.8 Å². The van der Waals surface area contributed by atoms with E-state index < -0.39 is 0 Å². The molecule has 1 unspecified atom stereocenters. The lowest BCUT2D eigenvalue weighted by molar-refractivity contribution is -0.123. The Labute approximate surface area is 228 Å². The van der Waals surface area contributed by atoms with E-state index >= 15 is 0 Å². The van der Waals surface area contributed by atoms with E-state index in [1.54, 1.807) is 7.05 Å². The van der Waals surface area contributed by atoms with E-state index in [1.165, 1.54) is 51.5 Å². The maximum absolute atomic E-state index is 10.4. The fourth-order valence-corrected chi connectivity index (χ4v) is 4.26. The fraction of sp³-hybridized carbons (Fsp3) is 0.607. The Hall–Kier alpha value is -2.36.